The molecule has 1 atom stereocenters. The van der Waals surface area contributed by atoms with Gasteiger partial charge in [-0.15, -0.1) is 0 Å². The maximum absolute atomic E-state index is 12.7. The van der Waals surface area contributed by atoms with E-state index in [0.717, 1.165) is 31.9 Å². The number of rotatable bonds is 5. The lowest BCUT2D eigenvalue weighted by Gasteiger charge is -2.35. The molecule has 2 aromatic heterocycles. The molecule has 0 aromatic carbocycles. The quantitative estimate of drug-likeness (QED) is 0.812. The first kappa shape index (κ1) is 17.4. The third kappa shape index (κ3) is 4.14. The number of hydrogen-bond acceptors (Lipinski definition) is 6. The standard InChI is InChI=1S/C19H25N5O/c1-13(2)11-14-12-24(10-9-21-14)17-7-3-6-16(23-17)18(25)15-5-4-8-22-19(15)20/h3-8,13-14,21H,9-12H2,1-2H3,(H2,20,22)/t14-/m1/s1. The molecule has 6 heteroatoms. The van der Waals surface area contributed by atoms with Crippen LogP contribution in [0.1, 0.15) is 36.3 Å². The van der Waals surface area contributed by atoms with Crippen LogP contribution in [0, 0.1) is 5.92 Å². The van der Waals surface area contributed by atoms with Crippen LogP contribution in [0.2, 0.25) is 0 Å². The normalized spacial score (nSPS) is 17.7. The van der Waals surface area contributed by atoms with Gasteiger partial charge in [-0.2, -0.15) is 0 Å². The van der Waals surface area contributed by atoms with Gasteiger partial charge in [-0.3, -0.25) is 4.79 Å². The average molecular weight is 339 g/mol. The molecule has 0 bridgehead atoms. The fourth-order valence-corrected chi connectivity index (χ4v) is 3.23. The second-order valence-corrected chi connectivity index (χ2v) is 6.87. The molecule has 3 heterocycles. The number of aromatic nitrogens is 2. The van der Waals surface area contributed by atoms with Crippen LogP contribution in [-0.4, -0.2) is 41.4 Å². The SMILES string of the molecule is CC(C)C[C@@H]1CN(c2cccc(C(=O)c3cccnc3N)n2)CCN1. The molecule has 3 rings (SSSR count). The first-order chi connectivity index (χ1) is 12.0. The summed E-state index contributed by atoms with van der Waals surface area (Å²) in [5.41, 5.74) is 6.62. The van der Waals surface area contributed by atoms with E-state index in [1.54, 1.807) is 24.4 Å². The average Bonchev–Trinajstić information content (AvgIpc) is 2.61. The number of anilines is 2. The van der Waals surface area contributed by atoms with Crippen molar-refractivity contribution in [2.45, 2.75) is 26.3 Å². The highest BCUT2D eigenvalue weighted by Gasteiger charge is 2.22. The van der Waals surface area contributed by atoms with E-state index in [1.807, 2.05) is 12.1 Å². The molecule has 132 valence electrons. The van der Waals surface area contributed by atoms with Crippen molar-refractivity contribution in [1.29, 1.82) is 0 Å². The lowest BCUT2D eigenvalue weighted by molar-refractivity contribution is 0.103. The van der Waals surface area contributed by atoms with Crippen LogP contribution in [-0.2, 0) is 0 Å². The monoisotopic (exact) mass is 339 g/mol. The summed E-state index contributed by atoms with van der Waals surface area (Å²) in [6, 6.07) is 9.40. The van der Waals surface area contributed by atoms with Crippen molar-refractivity contribution in [2.75, 3.05) is 30.3 Å². The molecule has 1 fully saturated rings. The summed E-state index contributed by atoms with van der Waals surface area (Å²) in [4.78, 5) is 23.5. The predicted molar refractivity (Wildman–Crippen MR) is 99.8 cm³/mol. The van der Waals surface area contributed by atoms with E-state index < -0.39 is 0 Å². The number of hydrogen-bond donors (Lipinski definition) is 2. The Labute approximate surface area is 148 Å². The van der Waals surface area contributed by atoms with Crippen molar-refractivity contribution < 1.29 is 4.79 Å². The van der Waals surface area contributed by atoms with E-state index in [2.05, 4.69) is 34.0 Å². The lowest BCUT2D eigenvalue weighted by atomic mass is 10.0. The topological polar surface area (TPSA) is 84.1 Å². The number of nitrogens with two attached hydrogens (primary N) is 1. The Morgan fingerprint density at radius 1 is 1.36 bits per heavy atom. The Bertz CT molecular complexity index is 746. The molecule has 0 spiro atoms. The Kier molecular flexibility index (Phi) is 5.28. The second-order valence-electron chi connectivity index (χ2n) is 6.87. The van der Waals surface area contributed by atoms with E-state index >= 15 is 0 Å². The summed E-state index contributed by atoms with van der Waals surface area (Å²) >= 11 is 0. The van der Waals surface area contributed by atoms with E-state index in [4.69, 9.17) is 5.73 Å². The summed E-state index contributed by atoms with van der Waals surface area (Å²) in [6.45, 7) is 7.17. The van der Waals surface area contributed by atoms with Gasteiger partial charge in [-0.25, -0.2) is 9.97 Å². The molecule has 0 radical (unpaired) electrons. The van der Waals surface area contributed by atoms with Crippen molar-refractivity contribution in [3.8, 4) is 0 Å². The molecular weight excluding hydrogens is 314 g/mol. The van der Waals surface area contributed by atoms with Crippen LogP contribution in [0.3, 0.4) is 0 Å². The van der Waals surface area contributed by atoms with Gasteiger partial charge in [0.15, 0.2) is 0 Å². The van der Waals surface area contributed by atoms with E-state index in [0.29, 0.717) is 23.2 Å². The number of piperazine rings is 1. The molecule has 2 aromatic rings. The highest BCUT2D eigenvalue weighted by atomic mass is 16.1. The Morgan fingerprint density at radius 3 is 2.96 bits per heavy atom. The van der Waals surface area contributed by atoms with Gasteiger partial charge in [0.2, 0.25) is 5.78 Å². The van der Waals surface area contributed by atoms with Crippen LogP contribution < -0.4 is 16.0 Å². The molecule has 6 nitrogen and oxygen atoms in total. The maximum Gasteiger partial charge on any atom is 0.215 e. The van der Waals surface area contributed by atoms with E-state index in [-0.39, 0.29) is 11.6 Å². The van der Waals surface area contributed by atoms with Crippen LogP contribution >= 0.6 is 0 Å². The Hall–Kier alpha value is -2.47. The minimum atomic E-state index is -0.193. The minimum absolute atomic E-state index is 0.193. The van der Waals surface area contributed by atoms with Gasteiger partial charge in [0.1, 0.15) is 17.3 Å². The first-order valence-electron chi connectivity index (χ1n) is 8.75. The Morgan fingerprint density at radius 2 is 2.20 bits per heavy atom. The zero-order valence-electron chi connectivity index (χ0n) is 14.8. The van der Waals surface area contributed by atoms with Gasteiger partial charge in [0, 0.05) is 31.9 Å². The van der Waals surface area contributed by atoms with Crippen LogP contribution in [0.25, 0.3) is 0 Å². The smallest absolute Gasteiger partial charge is 0.215 e. The van der Waals surface area contributed by atoms with Gasteiger partial charge in [-0.1, -0.05) is 19.9 Å². The number of nitrogens with one attached hydrogen (secondary N) is 1. The van der Waals surface area contributed by atoms with Gasteiger partial charge in [0.25, 0.3) is 0 Å². The summed E-state index contributed by atoms with van der Waals surface area (Å²) in [5, 5.41) is 3.56. The molecule has 0 saturated carbocycles. The molecule has 1 aliphatic rings. The summed E-state index contributed by atoms with van der Waals surface area (Å²) < 4.78 is 0. The molecule has 0 aliphatic carbocycles. The third-order valence-electron chi connectivity index (χ3n) is 4.39. The van der Waals surface area contributed by atoms with Crippen molar-refractivity contribution in [2.24, 2.45) is 5.92 Å². The summed E-state index contributed by atoms with van der Waals surface area (Å²) in [7, 11) is 0. The fourth-order valence-electron chi connectivity index (χ4n) is 3.23. The second kappa shape index (κ2) is 7.61. The largest absolute Gasteiger partial charge is 0.383 e. The van der Waals surface area contributed by atoms with Crippen LogP contribution in [0.15, 0.2) is 36.5 Å². The van der Waals surface area contributed by atoms with E-state index in [9.17, 15) is 4.79 Å². The van der Waals surface area contributed by atoms with Crippen molar-refractivity contribution in [3.63, 3.8) is 0 Å². The number of pyridine rings is 2. The van der Waals surface area contributed by atoms with Gasteiger partial charge >= 0.3 is 0 Å². The summed E-state index contributed by atoms with van der Waals surface area (Å²) in [6.07, 6.45) is 2.70. The molecule has 1 saturated heterocycles. The van der Waals surface area contributed by atoms with E-state index in [1.165, 1.54) is 0 Å². The highest BCUT2D eigenvalue weighted by Crippen LogP contribution is 2.19. The molecule has 1 aliphatic heterocycles. The zero-order valence-corrected chi connectivity index (χ0v) is 14.8. The number of carbonyl (C=O) groups excluding carboxylic acids is 1. The van der Waals surface area contributed by atoms with Gasteiger partial charge < -0.3 is 16.0 Å². The number of nitrogen functional groups attached to an aromatic ring is 1. The van der Waals surface area contributed by atoms with Crippen LogP contribution in [0.4, 0.5) is 11.6 Å². The first-order valence-corrected chi connectivity index (χ1v) is 8.75. The molecule has 3 N–H and O–H groups in total. The maximum atomic E-state index is 12.7. The summed E-state index contributed by atoms with van der Waals surface area (Å²) in [5.74, 6) is 1.52. The molecule has 25 heavy (non-hydrogen) atoms. The minimum Gasteiger partial charge on any atom is -0.383 e. The number of ketones is 1. The van der Waals surface area contributed by atoms with Crippen molar-refractivity contribution in [3.05, 3.63) is 47.8 Å². The van der Waals surface area contributed by atoms with Crippen molar-refractivity contribution in [1.82, 2.24) is 15.3 Å². The highest BCUT2D eigenvalue weighted by molar-refractivity contribution is 6.10. The molecular formula is C19H25N5O. The van der Waals surface area contributed by atoms with Crippen molar-refractivity contribution >= 4 is 17.4 Å². The molecule has 0 unspecified atom stereocenters. The predicted octanol–water partition coefficient (Wildman–Crippen LogP) is 2.11. The van der Waals surface area contributed by atoms with Gasteiger partial charge in [0.05, 0.1) is 5.56 Å². The zero-order chi connectivity index (χ0) is 17.8. The number of carbonyl (C=O) groups is 1. The van der Waals surface area contributed by atoms with Crippen LogP contribution in [0.5, 0.6) is 0 Å². The number of nitrogens with zero attached hydrogens (tertiary/aromatic N) is 3. The lowest BCUT2D eigenvalue weighted by Crippen LogP contribution is -2.51. The van der Waals surface area contributed by atoms with Gasteiger partial charge in [-0.05, 0) is 36.6 Å². The Balaban J connectivity index is 1.79. The fraction of sp³-hybridized carbons (Fsp3) is 0.421. The third-order valence-corrected chi connectivity index (χ3v) is 4.39. The molecule has 0 amide bonds.